The number of hydrogen-bond donors (Lipinski definition) is 1. The fourth-order valence-corrected chi connectivity index (χ4v) is 5.30. The zero-order valence-corrected chi connectivity index (χ0v) is 18.1. The van der Waals surface area contributed by atoms with Crippen molar-refractivity contribution in [3.05, 3.63) is 69.7 Å². The van der Waals surface area contributed by atoms with E-state index >= 15 is 0 Å². The summed E-state index contributed by atoms with van der Waals surface area (Å²) in [4.78, 5) is 16.4. The summed E-state index contributed by atoms with van der Waals surface area (Å²) in [5, 5.41) is 5.00. The number of ether oxygens (including phenoxy) is 1. The molecular weight excluding hydrogens is 408 g/mol. The van der Waals surface area contributed by atoms with Crippen molar-refractivity contribution in [2.75, 3.05) is 11.9 Å². The van der Waals surface area contributed by atoms with Crippen molar-refractivity contribution in [2.45, 2.75) is 31.4 Å². The molecular formula is C21H22N2O4S2. The summed E-state index contributed by atoms with van der Waals surface area (Å²) < 4.78 is 30.6. The van der Waals surface area contributed by atoms with Gasteiger partial charge >= 0.3 is 0 Å². The van der Waals surface area contributed by atoms with E-state index in [-0.39, 0.29) is 23.2 Å². The zero-order chi connectivity index (χ0) is 21.0. The molecule has 2 aromatic carbocycles. The number of rotatable bonds is 7. The Morgan fingerprint density at radius 3 is 2.34 bits per heavy atom. The van der Waals surface area contributed by atoms with Gasteiger partial charge in [-0.2, -0.15) is 0 Å². The summed E-state index contributed by atoms with van der Waals surface area (Å²) in [5.41, 5.74) is 3.60. The van der Waals surface area contributed by atoms with E-state index in [0.29, 0.717) is 16.4 Å². The quantitative estimate of drug-likeness (QED) is 0.611. The van der Waals surface area contributed by atoms with E-state index in [9.17, 15) is 13.2 Å². The minimum absolute atomic E-state index is 0.130. The van der Waals surface area contributed by atoms with E-state index in [0.717, 1.165) is 16.7 Å². The summed E-state index contributed by atoms with van der Waals surface area (Å²) in [6, 6.07) is 10.1. The van der Waals surface area contributed by atoms with Crippen LogP contribution in [0.3, 0.4) is 0 Å². The topological polar surface area (TPSA) is 85.4 Å². The Kier molecular flexibility index (Phi) is 6.34. The molecule has 0 saturated heterocycles. The van der Waals surface area contributed by atoms with Crippen molar-refractivity contribution in [3.8, 4) is 5.75 Å². The van der Waals surface area contributed by atoms with Crippen LogP contribution >= 0.6 is 11.3 Å². The molecule has 0 spiro atoms. The van der Waals surface area contributed by atoms with Gasteiger partial charge in [0.1, 0.15) is 16.5 Å². The van der Waals surface area contributed by atoms with Crippen molar-refractivity contribution >= 4 is 32.8 Å². The first-order chi connectivity index (χ1) is 13.7. The third kappa shape index (κ3) is 5.42. The second-order valence-corrected chi connectivity index (χ2v) is 9.74. The molecule has 1 amide bonds. The van der Waals surface area contributed by atoms with Crippen molar-refractivity contribution in [1.29, 1.82) is 0 Å². The number of nitrogens with one attached hydrogen (secondary N) is 1. The molecule has 0 aliphatic rings. The van der Waals surface area contributed by atoms with E-state index in [1.807, 2.05) is 32.9 Å². The Labute approximate surface area is 174 Å². The van der Waals surface area contributed by atoms with Gasteiger partial charge in [-0.05, 0) is 56.2 Å². The molecule has 0 bridgehead atoms. The third-order valence-corrected chi connectivity index (χ3v) is 6.85. The first-order valence-electron chi connectivity index (χ1n) is 8.96. The van der Waals surface area contributed by atoms with Crippen LogP contribution in [-0.2, 0) is 20.4 Å². The Morgan fingerprint density at radius 2 is 1.76 bits per heavy atom. The molecule has 3 aromatic rings. The van der Waals surface area contributed by atoms with E-state index in [2.05, 4.69) is 10.3 Å². The smallest absolute Gasteiger partial charge is 0.262 e. The maximum Gasteiger partial charge on any atom is 0.262 e. The number of thiazole rings is 1. The summed E-state index contributed by atoms with van der Waals surface area (Å²) in [7, 11) is -3.48. The van der Waals surface area contributed by atoms with E-state index in [1.165, 1.54) is 23.5 Å². The molecule has 6 nitrogen and oxygen atoms in total. The zero-order valence-electron chi connectivity index (χ0n) is 16.4. The normalized spacial score (nSPS) is 11.3. The van der Waals surface area contributed by atoms with Gasteiger partial charge in [0, 0.05) is 17.3 Å². The highest BCUT2D eigenvalue weighted by Gasteiger charge is 2.17. The molecule has 1 heterocycles. The highest BCUT2D eigenvalue weighted by Crippen LogP contribution is 2.24. The van der Waals surface area contributed by atoms with Crippen LogP contribution in [-0.4, -0.2) is 25.9 Å². The van der Waals surface area contributed by atoms with E-state index in [4.69, 9.17) is 4.74 Å². The number of nitrogens with zero attached hydrogens (tertiary/aromatic N) is 1. The standard InChI is InChI=1S/C21H22N2O4S2/c1-14-10-15(2)21(16(3)11-14)27-12-19(24)23-17-4-6-18(7-5-17)29(25,26)13-20-22-8-9-28-20/h4-11H,12-13H2,1-3H3,(H,23,24). The highest BCUT2D eigenvalue weighted by atomic mass is 32.2. The second kappa shape index (κ2) is 8.75. The molecule has 3 rings (SSSR count). The van der Waals surface area contributed by atoms with Gasteiger partial charge in [-0.1, -0.05) is 17.7 Å². The van der Waals surface area contributed by atoms with Gasteiger partial charge in [0.25, 0.3) is 5.91 Å². The number of hydrogen-bond acceptors (Lipinski definition) is 6. The lowest BCUT2D eigenvalue weighted by atomic mass is 10.1. The van der Waals surface area contributed by atoms with Crippen molar-refractivity contribution < 1.29 is 17.9 Å². The van der Waals surface area contributed by atoms with Crippen molar-refractivity contribution in [2.24, 2.45) is 0 Å². The molecule has 29 heavy (non-hydrogen) atoms. The summed E-state index contributed by atoms with van der Waals surface area (Å²) in [6.07, 6.45) is 1.58. The average molecular weight is 431 g/mol. The van der Waals surface area contributed by atoms with Crippen LogP contribution in [0.25, 0.3) is 0 Å². The number of aryl methyl sites for hydroxylation is 3. The lowest BCUT2D eigenvalue weighted by Crippen LogP contribution is -2.20. The van der Waals surface area contributed by atoms with Crippen LogP contribution in [0.5, 0.6) is 5.75 Å². The van der Waals surface area contributed by atoms with Gasteiger partial charge in [0.2, 0.25) is 0 Å². The van der Waals surface area contributed by atoms with Crippen LogP contribution in [0.4, 0.5) is 5.69 Å². The number of aromatic nitrogens is 1. The predicted octanol–water partition coefficient (Wildman–Crippen LogP) is 4.06. The molecule has 1 aromatic heterocycles. The van der Waals surface area contributed by atoms with Gasteiger partial charge in [0.15, 0.2) is 16.4 Å². The van der Waals surface area contributed by atoms with Crippen molar-refractivity contribution in [3.63, 3.8) is 0 Å². The van der Waals surface area contributed by atoms with Crippen LogP contribution in [0.2, 0.25) is 0 Å². The van der Waals surface area contributed by atoms with Gasteiger partial charge in [-0.3, -0.25) is 4.79 Å². The summed E-state index contributed by atoms with van der Waals surface area (Å²) in [5.74, 6) is 0.247. The molecule has 0 aliphatic carbocycles. The molecule has 152 valence electrons. The number of carbonyl (C=O) groups excluding carboxylic acids is 1. The lowest BCUT2D eigenvalue weighted by molar-refractivity contribution is -0.118. The molecule has 0 atom stereocenters. The predicted molar refractivity (Wildman–Crippen MR) is 114 cm³/mol. The minimum atomic E-state index is -3.48. The first-order valence-corrected chi connectivity index (χ1v) is 11.5. The Bertz CT molecular complexity index is 1080. The molecule has 0 saturated carbocycles. The van der Waals surface area contributed by atoms with Crippen LogP contribution in [0, 0.1) is 20.8 Å². The number of anilines is 1. The van der Waals surface area contributed by atoms with Gasteiger partial charge in [-0.25, -0.2) is 13.4 Å². The van der Waals surface area contributed by atoms with Gasteiger partial charge in [0.05, 0.1) is 4.90 Å². The van der Waals surface area contributed by atoms with Gasteiger partial charge < -0.3 is 10.1 Å². The Morgan fingerprint density at radius 1 is 1.10 bits per heavy atom. The maximum atomic E-state index is 12.4. The average Bonchev–Trinajstić information content (AvgIpc) is 3.13. The number of carbonyl (C=O) groups is 1. The van der Waals surface area contributed by atoms with Gasteiger partial charge in [-0.15, -0.1) is 11.3 Å². The van der Waals surface area contributed by atoms with Crippen LogP contribution in [0.15, 0.2) is 52.9 Å². The highest BCUT2D eigenvalue weighted by molar-refractivity contribution is 7.90. The maximum absolute atomic E-state index is 12.4. The Balaban J connectivity index is 1.60. The van der Waals surface area contributed by atoms with E-state index < -0.39 is 9.84 Å². The third-order valence-electron chi connectivity index (χ3n) is 4.25. The molecule has 1 N–H and O–H groups in total. The molecule has 8 heteroatoms. The minimum Gasteiger partial charge on any atom is -0.483 e. The number of sulfone groups is 1. The fourth-order valence-electron chi connectivity index (χ4n) is 3.04. The molecule has 0 fully saturated rings. The monoisotopic (exact) mass is 430 g/mol. The number of benzene rings is 2. The van der Waals surface area contributed by atoms with E-state index in [1.54, 1.807) is 23.7 Å². The fraction of sp³-hybridized carbons (Fsp3) is 0.238. The number of amides is 1. The Hall–Kier alpha value is -2.71. The van der Waals surface area contributed by atoms with Crippen molar-refractivity contribution in [1.82, 2.24) is 4.98 Å². The van der Waals surface area contributed by atoms with Crippen LogP contribution in [0.1, 0.15) is 21.7 Å². The molecule has 0 radical (unpaired) electrons. The van der Waals surface area contributed by atoms with Crippen LogP contribution < -0.4 is 10.1 Å². The summed E-state index contributed by atoms with van der Waals surface area (Å²) >= 11 is 1.30. The molecule has 0 aliphatic heterocycles. The SMILES string of the molecule is Cc1cc(C)c(OCC(=O)Nc2ccc(S(=O)(=O)Cc3nccs3)cc2)c(C)c1. The largest absolute Gasteiger partial charge is 0.483 e. The lowest BCUT2D eigenvalue weighted by Gasteiger charge is -2.13. The second-order valence-electron chi connectivity index (χ2n) is 6.77. The molecule has 0 unspecified atom stereocenters. The first kappa shape index (κ1) is 21.0. The summed E-state index contributed by atoms with van der Waals surface area (Å²) in [6.45, 7) is 5.77.